The first kappa shape index (κ1) is 48.4. The van der Waals surface area contributed by atoms with Crippen LogP contribution in [0.3, 0.4) is 0 Å². The number of benzene rings is 7. The van der Waals surface area contributed by atoms with E-state index in [4.69, 9.17) is 0 Å². The van der Waals surface area contributed by atoms with Crippen molar-refractivity contribution in [2.24, 2.45) is 0 Å². The lowest BCUT2D eigenvalue weighted by Crippen LogP contribution is -2.62. The minimum absolute atomic E-state index is 0.0243. The molecule has 384 valence electrons. The molecule has 3 nitrogen and oxygen atoms in total. The first-order valence-electron chi connectivity index (χ1n) is 29.3. The van der Waals surface area contributed by atoms with Gasteiger partial charge >= 0.3 is 0 Å². The van der Waals surface area contributed by atoms with E-state index < -0.39 is 0 Å². The zero-order valence-corrected chi connectivity index (χ0v) is 48.3. The molecule has 7 aromatic carbocycles. The zero-order valence-electron chi connectivity index (χ0n) is 48.3. The molecule has 0 bridgehead atoms. The van der Waals surface area contributed by atoms with Crippen LogP contribution in [0.5, 0.6) is 0 Å². The van der Waals surface area contributed by atoms with E-state index in [2.05, 4.69) is 233 Å². The number of hydrogen-bond donors (Lipinski definition) is 0. The zero-order chi connectivity index (χ0) is 53.0. The van der Waals surface area contributed by atoms with Crippen LogP contribution < -0.4 is 42.0 Å². The summed E-state index contributed by atoms with van der Waals surface area (Å²) in [7, 11) is 0.981. The van der Waals surface area contributed by atoms with Crippen LogP contribution in [0, 0.1) is 6.92 Å². The van der Waals surface area contributed by atoms with Crippen LogP contribution in [0.2, 0.25) is 0 Å². The van der Waals surface area contributed by atoms with Crippen molar-refractivity contribution < 1.29 is 0 Å². The van der Waals surface area contributed by atoms with Crippen LogP contribution in [0.4, 0.5) is 45.5 Å². The minimum atomic E-state index is -0.0786. The third-order valence-corrected chi connectivity index (χ3v) is 21.5. The summed E-state index contributed by atoms with van der Waals surface area (Å²) in [4.78, 5) is 8.25. The Balaban J connectivity index is 1.06. The molecule has 1 saturated carbocycles. The van der Waals surface area contributed by atoms with Gasteiger partial charge in [-0.25, -0.2) is 0 Å². The Morgan fingerprint density at radius 2 is 1.03 bits per heavy atom. The summed E-state index contributed by atoms with van der Waals surface area (Å²) < 4.78 is 0. The van der Waals surface area contributed by atoms with Crippen molar-refractivity contribution in [1.29, 1.82) is 0 Å². The number of anilines is 8. The maximum absolute atomic E-state index is 2.82. The number of aryl methyl sites for hydroxylation is 1. The summed E-state index contributed by atoms with van der Waals surface area (Å²) in [6.07, 6.45) is 9.64. The van der Waals surface area contributed by atoms with E-state index in [0.29, 0.717) is 0 Å². The predicted octanol–water partition coefficient (Wildman–Crippen LogP) is 15.2. The van der Waals surface area contributed by atoms with Crippen molar-refractivity contribution in [1.82, 2.24) is 0 Å². The molecule has 76 heavy (non-hydrogen) atoms. The lowest BCUT2D eigenvalue weighted by atomic mass is 9.33. The number of fused-ring (bicyclic) bond motifs is 12. The van der Waals surface area contributed by atoms with E-state index in [1.165, 1.54) is 174 Å². The highest BCUT2D eigenvalue weighted by Gasteiger charge is 2.58. The summed E-state index contributed by atoms with van der Waals surface area (Å²) in [5, 5.41) is 0. The maximum Gasteiger partial charge on any atom is 0.252 e. The monoisotopic (exact) mass is 996 g/mol. The Bertz CT molecular complexity index is 3660. The fourth-order valence-corrected chi connectivity index (χ4v) is 16.4. The van der Waals surface area contributed by atoms with Crippen LogP contribution >= 0.6 is 0 Å². The SMILES string of the molecule is Cc1cc2c3c(c1)N(c1ccc4c(c1)C(C)(C)CCC4(C)C)c1cc4c(cc1B3c1ccc(N3c5ccc(C(C)(C)C)cc5C5(C)CCCCC35C)cc1N2c1ccc2c(c1)-c1ccccc1B2)C(C)(C)CCC4(C)C. The second-order valence-electron chi connectivity index (χ2n) is 29.1. The van der Waals surface area contributed by atoms with Crippen LogP contribution in [0.1, 0.15) is 180 Å². The molecule has 7 aliphatic rings. The molecule has 14 rings (SSSR count). The normalized spacial score (nSPS) is 23.2. The van der Waals surface area contributed by atoms with E-state index in [-0.39, 0.29) is 44.7 Å². The Morgan fingerprint density at radius 3 is 1.72 bits per heavy atom. The van der Waals surface area contributed by atoms with Crippen molar-refractivity contribution in [3.63, 3.8) is 0 Å². The predicted molar refractivity (Wildman–Crippen MR) is 329 cm³/mol. The van der Waals surface area contributed by atoms with Gasteiger partial charge in [0.1, 0.15) is 0 Å². The molecular weight excluding hydrogens is 916 g/mol. The van der Waals surface area contributed by atoms with Crippen molar-refractivity contribution in [2.45, 2.75) is 186 Å². The lowest BCUT2D eigenvalue weighted by Gasteiger charge is -2.51. The Hall–Kier alpha value is -5.93. The molecule has 2 unspecified atom stereocenters. The third-order valence-electron chi connectivity index (χ3n) is 21.5. The molecule has 5 heteroatoms. The van der Waals surface area contributed by atoms with E-state index in [9.17, 15) is 0 Å². The largest absolute Gasteiger partial charge is 0.334 e. The Labute approximate surface area is 456 Å². The van der Waals surface area contributed by atoms with Gasteiger partial charge in [0.25, 0.3) is 6.71 Å². The van der Waals surface area contributed by atoms with Gasteiger partial charge < -0.3 is 14.7 Å². The molecule has 0 saturated heterocycles. The van der Waals surface area contributed by atoms with E-state index >= 15 is 0 Å². The van der Waals surface area contributed by atoms with E-state index in [0.717, 1.165) is 7.28 Å². The van der Waals surface area contributed by atoms with Crippen molar-refractivity contribution in [2.75, 3.05) is 14.7 Å². The van der Waals surface area contributed by atoms with Crippen LogP contribution in [0.25, 0.3) is 11.1 Å². The van der Waals surface area contributed by atoms with Crippen LogP contribution in [-0.4, -0.2) is 19.5 Å². The van der Waals surface area contributed by atoms with Crippen LogP contribution in [0.15, 0.2) is 121 Å². The Kier molecular flexibility index (Phi) is 9.97. The number of hydrogen-bond acceptors (Lipinski definition) is 3. The minimum Gasteiger partial charge on any atom is -0.334 e. The van der Waals surface area contributed by atoms with Gasteiger partial charge in [0.2, 0.25) is 0 Å². The Morgan fingerprint density at radius 1 is 0.447 bits per heavy atom. The molecule has 1 fully saturated rings. The third kappa shape index (κ3) is 6.62. The van der Waals surface area contributed by atoms with Crippen molar-refractivity contribution >= 4 is 86.8 Å². The van der Waals surface area contributed by atoms with E-state index in [1.54, 1.807) is 0 Å². The molecule has 0 N–H and O–H groups in total. The molecule has 0 amide bonds. The molecule has 3 aliphatic carbocycles. The van der Waals surface area contributed by atoms with Gasteiger partial charge in [-0.3, -0.25) is 0 Å². The summed E-state index contributed by atoms with van der Waals surface area (Å²) in [5.41, 5.74) is 30.9. The first-order valence-corrected chi connectivity index (χ1v) is 29.3. The lowest BCUT2D eigenvalue weighted by molar-refractivity contribution is 0.195. The van der Waals surface area contributed by atoms with Gasteiger partial charge in [-0.05, 0) is 207 Å². The van der Waals surface area contributed by atoms with Crippen LogP contribution in [-0.2, 0) is 32.5 Å². The second-order valence-corrected chi connectivity index (χ2v) is 29.1. The quantitative estimate of drug-likeness (QED) is 0.163. The van der Waals surface area contributed by atoms with Gasteiger partial charge in [-0.1, -0.05) is 168 Å². The first-order chi connectivity index (χ1) is 35.9. The molecular formula is C71H79B2N3. The van der Waals surface area contributed by atoms with E-state index in [1.807, 2.05) is 0 Å². The van der Waals surface area contributed by atoms with Gasteiger partial charge in [0.05, 0.1) is 5.54 Å². The smallest absolute Gasteiger partial charge is 0.252 e. The molecule has 0 spiro atoms. The highest BCUT2D eigenvalue weighted by molar-refractivity contribution is 7.00. The van der Waals surface area contributed by atoms with Crippen molar-refractivity contribution in [3.05, 3.63) is 160 Å². The van der Waals surface area contributed by atoms with Crippen molar-refractivity contribution in [3.8, 4) is 11.1 Å². The van der Waals surface area contributed by atoms with Gasteiger partial charge in [0, 0.05) is 50.9 Å². The summed E-state index contributed by atoms with van der Waals surface area (Å²) >= 11 is 0. The summed E-state index contributed by atoms with van der Waals surface area (Å²) in [6, 6.07) is 49.9. The fourth-order valence-electron chi connectivity index (χ4n) is 16.4. The average molecular weight is 996 g/mol. The van der Waals surface area contributed by atoms with Gasteiger partial charge in [-0.2, -0.15) is 0 Å². The molecule has 0 radical (unpaired) electrons. The second kappa shape index (κ2) is 15.6. The highest BCUT2D eigenvalue weighted by Crippen LogP contribution is 2.62. The highest BCUT2D eigenvalue weighted by atomic mass is 15.3. The van der Waals surface area contributed by atoms with Gasteiger partial charge in [-0.15, -0.1) is 0 Å². The number of rotatable bonds is 3. The fraction of sp³-hybridized carbons (Fsp3) is 0.408. The topological polar surface area (TPSA) is 9.72 Å². The number of nitrogens with zero attached hydrogens (tertiary/aromatic N) is 3. The maximum atomic E-state index is 2.82. The summed E-state index contributed by atoms with van der Waals surface area (Å²) in [6.45, 7) is 34.6. The summed E-state index contributed by atoms with van der Waals surface area (Å²) in [5.74, 6) is 0. The standard InChI is InChI=1S/C71H79B2N3/c1-43-35-62-64-63(36-43)75(46-22-25-50-51(39-46)67(7,8)32-31-66(50,5)6)61-42-53-52(68(9,10)33-34-69(53,11)12)41-58(61)73(64)57-27-24-47(40-60(57)74(62)45-23-26-56-49(38-45)48-19-15-16-20-55(48)72-56)76-59-28-21-44(65(2,3)4)37-54(59)70(13)29-17-18-30-71(70,76)14/h15-16,19-28,35-42,72H,17-18,29-34H2,1-14H3. The molecule has 4 aliphatic heterocycles. The molecule has 0 aromatic heterocycles. The molecule has 4 heterocycles. The average Bonchev–Trinajstić information content (AvgIpc) is 3.91. The van der Waals surface area contributed by atoms with Gasteiger partial charge in [0.15, 0.2) is 7.28 Å². The molecule has 2 atom stereocenters. The molecule has 7 aromatic rings.